The van der Waals surface area contributed by atoms with Gasteiger partial charge in [-0.15, -0.1) is 12.4 Å². The minimum absolute atomic E-state index is 0. The van der Waals surface area contributed by atoms with Gasteiger partial charge in [0.05, 0.1) is 23.9 Å². The molecule has 0 radical (unpaired) electrons. The number of aromatic nitrogens is 3. The van der Waals surface area contributed by atoms with Crippen molar-refractivity contribution in [2.45, 2.75) is 6.54 Å². The fraction of sp³-hybridized carbons (Fsp3) is 0.190. The van der Waals surface area contributed by atoms with Crippen molar-refractivity contribution in [2.24, 2.45) is 0 Å². The van der Waals surface area contributed by atoms with Gasteiger partial charge in [0, 0.05) is 20.1 Å². The first-order chi connectivity index (χ1) is 13.2. The van der Waals surface area contributed by atoms with Gasteiger partial charge in [-0.25, -0.2) is 4.98 Å². The molecule has 0 atom stereocenters. The maximum absolute atomic E-state index is 12.0. The highest BCUT2D eigenvalue weighted by Crippen LogP contribution is 2.27. The first-order valence-electron chi connectivity index (χ1n) is 8.87. The minimum atomic E-state index is -0.172. The molecule has 4 rings (SSSR count). The molecule has 6 nitrogen and oxygen atoms in total. The van der Waals surface area contributed by atoms with Crippen molar-refractivity contribution in [1.29, 1.82) is 0 Å². The number of hydrogen-bond acceptors (Lipinski definition) is 4. The van der Waals surface area contributed by atoms with Gasteiger partial charge in [0.2, 0.25) is 11.9 Å². The van der Waals surface area contributed by atoms with Crippen LogP contribution in [0.1, 0.15) is 5.56 Å². The SMILES string of the molecule is C=CC(=O)N(C)c1cnc2nc(N3CC=CC3)n(Cc3ccccc3)c2c1.Cl. The molecule has 0 saturated heterocycles. The fourth-order valence-electron chi connectivity index (χ4n) is 3.24. The van der Waals surface area contributed by atoms with Crippen molar-refractivity contribution in [3.05, 3.63) is 73.0 Å². The number of fused-ring (bicyclic) bond motifs is 1. The molecule has 0 N–H and O–H groups in total. The lowest BCUT2D eigenvalue weighted by Crippen LogP contribution is -2.24. The highest BCUT2D eigenvalue weighted by molar-refractivity contribution is 6.01. The van der Waals surface area contributed by atoms with Crippen LogP contribution in [0.2, 0.25) is 0 Å². The summed E-state index contributed by atoms with van der Waals surface area (Å²) >= 11 is 0. The molecule has 144 valence electrons. The van der Waals surface area contributed by atoms with Crippen LogP contribution in [0, 0.1) is 0 Å². The van der Waals surface area contributed by atoms with Crippen LogP contribution in [-0.2, 0) is 11.3 Å². The van der Waals surface area contributed by atoms with Crippen molar-refractivity contribution in [3.63, 3.8) is 0 Å². The van der Waals surface area contributed by atoms with Crippen LogP contribution in [0.25, 0.3) is 11.2 Å². The molecule has 0 aliphatic carbocycles. The molecule has 0 unspecified atom stereocenters. The van der Waals surface area contributed by atoms with E-state index in [0.717, 1.165) is 24.6 Å². The van der Waals surface area contributed by atoms with Gasteiger partial charge in [0.15, 0.2) is 5.65 Å². The molecule has 3 heterocycles. The Balaban J connectivity index is 0.00000225. The zero-order valence-electron chi connectivity index (χ0n) is 15.7. The molecule has 1 aliphatic heterocycles. The number of carbonyl (C=O) groups excluding carboxylic acids is 1. The Morgan fingerprint density at radius 1 is 1.25 bits per heavy atom. The van der Waals surface area contributed by atoms with Gasteiger partial charge < -0.3 is 14.4 Å². The smallest absolute Gasteiger partial charge is 0.250 e. The van der Waals surface area contributed by atoms with Crippen molar-refractivity contribution in [3.8, 4) is 0 Å². The number of halogens is 1. The predicted octanol–water partition coefficient (Wildman–Crippen LogP) is 3.43. The Morgan fingerprint density at radius 3 is 2.64 bits per heavy atom. The molecular formula is C21H22ClN5O. The normalized spacial score (nSPS) is 12.8. The number of imidazole rings is 1. The monoisotopic (exact) mass is 395 g/mol. The Labute approximate surface area is 170 Å². The summed E-state index contributed by atoms with van der Waals surface area (Å²) in [6.45, 7) is 5.91. The summed E-state index contributed by atoms with van der Waals surface area (Å²) in [5.74, 6) is 0.718. The van der Waals surface area contributed by atoms with Gasteiger partial charge in [0.25, 0.3) is 0 Å². The number of hydrogen-bond donors (Lipinski definition) is 0. The van der Waals surface area contributed by atoms with Gasteiger partial charge in [-0.1, -0.05) is 49.1 Å². The molecule has 1 aliphatic rings. The Hall–Kier alpha value is -3.12. The third-order valence-corrected chi connectivity index (χ3v) is 4.75. The number of nitrogens with zero attached hydrogens (tertiary/aromatic N) is 5. The quantitative estimate of drug-likeness (QED) is 0.490. The molecule has 0 spiro atoms. The summed E-state index contributed by atoms with van der Waals surface area (Å²) in [6, 6.07) is 12.2. The van der Waals surface area contributed by atoms with E-state index in [1.54, 1.807) is 13.2 Å². The van der Waals surface area contributed by atoms with Crippen molar-refractivity contribution < 1.29 is 4.79 Å². The van der Waals surface area contributed by atoms with Crippen LogP contribution in [-0.4, -0.2) is 40.6 Å². The zero-order valence-corrected chi connectivity index (χ0v) is 16.5. The Bertz CT molecular complexity index is 1020. The maximum Gasteiger partial charge on any atom is 0.250 e. The van der Waals surface area contributed by atoms with Crippen molar-refractivity contribution in [2.75, 3.05) is 29.9 Å². The van der Waals surface area contributed by atoms with Crippen LogP contribution < -0.4 is 9.80 Å². The third-order valence-electron chi connectivity index (χ3n) is 4.75. The van der Waals surface area contributed by atoms with E-state index in [1.165, 1.54) is 16.5 Å². The largest absolute Gasteiger partial charge is 0.335 e. The molecule has 1 amide bonds. The molecule has 0 bridgehead atoms. The topological polar surface area (TPSA) is 54.3 Å². The molecular weight excluding hydrogens is 374 g/mol. The second-order valence-electron chi connectivity index (χ2n) is 6.50. The van der Waals surface area contributed by atoms with E-state index < -0.39 is 0 Å². The summed E-state index contributed by atoms with van der Waals surface area (Å²) in [6.07, 6.45) is 7.26. The molecule has 0 saturated carbocycles. The average molecular weight is 396 g/mol. The third kappa shape index (κ3) is 3.64. The van der Waals surface area contributed by atoms with E-state index in [2.05, 4.69) is 45.3 Å². The van der Waals surface area contributed by atoms with E-state index in [1.807, 2.05) is 24.3 Å². The number of benzene rings is 1. The second kappa shape index (κ2) is 8.27. The molecule has 2 aromatic heterocycles. The van der Waals surface area contributed by atoms with E-state index in [9.17, 15) is 4.79 Å². The summed E-state index contributed by atoms with van der Waals surface area (Å²) in [7, 11) is 1.72. The number of anilines is 2. The average Bonchev–Trinajstić information content (AvgIpc) is 3.35. The number of carbonyl (C=O) groups is 1. The summed E-state index contributed by atoms with van der Waals surface area (Å²) in [5.41, 5.74) is 3.48. The van der Waals surface area contributed by atoms with E-state index >= 15 is 0 Å². The summed E-state index contributed by atoms with van der Waals surface area (Å²) in [4.78, 5) is 25.0. The molecule has 0 fully saturated rings. The number of likely N-dealkylation sites (N-methyl/N-ethyl adjacent to an activating group) is 1. The maximum atomic E-state index is 12.0. The lowest BCUT2D eigenvalue weighted by atomic mass is 10.2. The van der Waals surface area contributed by atoms with E-state index in [-0.39, 0.29) is 18.3 Å². The minimum Gasteiger partial charge on any atom is -0.335 e. The number of pyridine rings is 1. The van der Waals surface area contributed by atoms with E-state index in [0.29, 0.717) is 17.9 Å². The first kappa shape index (κ1) is 19.6. The highest BCUT2D eigenvalue weighted by atomic mass is 35.5. The standard InChI is InChI=1S/C21H21N5O.ClH/c1-3-19(27)24(2)17-13-18-20(22-14-17)23-21(25-11-7-8-12-25)26(18)15-16-9-5-4-6-10-16;/h3-10,13-14H,1,11-12,15H2,2H3;1H. The van der Waals surface area contributed by atoms with Crippen LogP contribution in [0.3, 0.4) is 0 Å². The molecule has 28 heavy (non-hydrogen) atoms. The Morgan fingerprint density at radius 2 is 1.96 bits per heavy atom. The van der Waals surface area contributed by atoms with Gasteiger partial charge in [-0.2, -0.15) is 4.98 Å². The Kier molecular flexibility index (Phi) is 5.80. The zero-order chi connectivity index (χ0) is 18.8. The van der Waals surface area contributed by atoms with Crippen LogP contribution in [0.5, 0.6) is 0 Å². The van der Waals surface area contributed by atoms with Gasteiger partial charge >= 0.3 is 0 Å². The van der Waals surface area contributed by atoms with Crippen LogP contribution in [0.15, 0.2) is 67.4 Å². The first-order valence-corrected chi connectivity index (χ1v) is 8.87. The van der Waals surface area contributed by atoms with Gasteiger partial charge in [0.1, 0.15) is 0 Å². The molecule has 7 heteroatoms. The highest BCUT2D eigenvalue weighted by Gasteiger charge is 2.20. The summed E-state index contributed by atoms with van der Waals surface area (Å²) in [5, 5.41) is 0. The lowest BCUT2D eigenvalue weighted by molar-refractivity contribution is -0.113. The second-order valence-corrected chi connectivity index (χ2v) is 6.50. The predicted molar refractivity (Wildman–Crippen MR) is 115 cm³/mol. The fourth-order valence-corrected chi connectivity index (χ4v) is 3.24. The molecule has 3 aromatic rings. The number of rotatable bonds is 5. The summed E-state index contributed by atoms with van der Waals surface area (Å²) < 4.78 is 2.17. The van der Waals surface area contributed by atoms with Gasteiger partial charge in [-0.3, -0.25) is 4.79 Å². The lowest BCUT2D eigenvalue weighted by Gasteiger charge is -2.19. The van der Waals surface area contributed by atoms with Crippen molar-refractivity contribution in [1.82, 2.24) is 14.5 Å². The van der Waals surface area contributed by atoms with Crippen LogP contribution in [0.4, 0.5) is 11.6 Å². The number of amides is 1. The van der Waals surface area contributed by atoms with Gasteiger partial charge in [-0.05, 0) is 17.7 Å². The van der Waals surface area contributed by atoms with Crippen molar-refractivity contribution >= 4 is 41.1 Å². The van der Waals surface area contributed by atoms with E-state index in [4.69, 9.17) is 4.98 Å². The van der Waals surface area contributed by atoms with Crippen LogP contribution >= 0.6 is 12.4 Å². The molecule has 1 aromatic carbocycles.